The maximum absolute atomic E-state index is 11.6. The van der Waals surface area contributed by atoms with E-state index in [9.17, 15) is 9.59 Å². The zero-order chi connectivity index (χ0) is 11.2. The monoisotopic (exact) mass is 272 g/mol. The number of aromatic nitrogens is 4. The molecule has 0 aliphatic carbocycles. The van der Waals surface area contributed by atoms with Crippen LogP contribution in [0, 0.1) is 0 Å². The van der Waals surface area contributed by atoms with Gasteiger partial charge in [-0.25, -0.2) is 9.78 Å². The lowest BCUT2D eigenvalue weighted by molar-refractivity contribution is 0.759. The van der Waals surface area contributed by atoms with E-state index >= 15 is 0 Å². The van der Waals surface area contributed by atoms with E-state index < -0.39 is 11.2 Å². The number of aryl methyl sites for hydroxylation is 2. The van der Waals surface area contributed by atoms with E-state index in [2.05, 4.69) is 25.9 Å². The summed E-state index contributed by atoms with van der Waals surface area (Å²) in [4.78, 5) is 29.3. The Morgan fingerprint density at radius 3 is 2.73 bits per heavy atom. The number of rotatable bonds is 1. The molecule has 2 aromatic rings. The Labute approximate surface area is 92.7 Å². The van der Waals surface area contributed by atoms with Crippen molar-refractivity contribution in [3.8, 4) is 0 Å². The predicted octanol–water partition coefficient (Wildman–Crippen LogP) is 0.206. The van der Waals surface area contributed by atoms with E-state index in [1.54, 1.807) is 11.6 Å². The summed E-state index contributed by atoms with van der Waals surface area (Å²) in [6.07, 6.45) is 0. The number of fused-ring (bicyclic) bond motifs is 1. The van der Waals surface area contributed by atoms with Gasteiger partial charge in [0.2, 0.25) is 0 Å². The summed E-state index contributed by atoms with van der Waals surface area (Å²) in [6, 6.07) is 0. The van der Waals surface area contributed by atoms with Crippen LogP contribution < -0.4 is 11.2 Å². The number of halogens is 1. The summed E-state index contributed by atoms with van der Waals surface area (Å²) < 4.78 is 3.56. The Bertz CT molecular complexity index is 636. The first kappa shape index (κ1) is 10.2. The maximum atomic E-state index is 11.6. The average Bonchev–Trinajstić information content (AvgIpc) is 2.52. The third kappa shape index (κ3) is 1.34. The minimum absolute atomic E-state index is 0.387. The Hall–Kier alpha value is -1.37. The van der Waals surface area contributed by atoms with Crippen molar-refractivity contribution in [1.29, 1.82) is 0 Å². The van der Waals surface area contributed by atoms with Gasteiger partial charge in [0.1, 0.15) is 0 Å². The van der Waals surface area contributed by atoms with Gasteiger partial charge < -0.3 is 4.57 Å². The van der Waals surface area contributed by atoms with Crippen molar-refractivity contribution in [2.45, 2.75) is 13.5 Å². The van der Waals surface area contributed by atoms with E-state index in [1.807, 2.05) is 6.92 Å². The molecule has 0 aliphatic heterocycles. The Balaban J connectivity index is 3.10. The van der Waals surface area contributed by atoms with Crippen molar-refractivity contribution in [1.82, 2.24) is 19.1 Å². The maximum Gasteiger partial charge on any atom is 0.329 e. The molecule has 0 saturated carbocycles. The molecule has 2 aromatic heterocycles. The van der Waals surface area contributed by atoms with E-state index in [-0.39, 0.29) is 0 Å². The molecule has 1 N–H and O–H groups in total. The first-order valence-corrected chi connectivity index (χ1v) is 5.20. The lowest BCUT2D eigenvalue weighted by atomic mass is 10.5. The number of hydrogen-bond donors (Lipinski definition) is 1. The number of imidazole rings is 1. The van der Waals surface area contributed by atoms with Gasteiger partial charge in [-0.3, -0.25) is 14.3 Å². The summed E-state index contributed by atoms with van der Waals surface area (Å²) in [5.74, 6) is 0. The molecule has 80 valence electrons. The molecule has 2 rings (SSSR count). The van der Waals surface area contributed by atoms with Crippen LogP contribution in [0.25, 0.3) is 11.2 Å². The van der Waals surface area contributed by atoms with E-state index in [1.165, 1.54) is 4.57 Å². The van der Waals surface area contributed by atoms with Gasteiger partial charge in [0.15, 0.2) is 15.9 Å². The molecule has 0 atom stereocenters. The summed E-state index contributed by atoms with van der Waals surface area (Å²) >= 11 is 3.25. The topological polar surface area (TPSA) is 72.7 Å². The van der Waals surface area contributed by atoms with Crippen LogP contribution in [0.4, 0.5) is 0 Å². The number of hydrogen-bond acceptors (Lipinski definition) is 3. The SMILES string of the molecule is CCn1c(Br)nc2c1c(=O)[nH]c(=O)n2C. The van der Waals surface area contributed by atoms with E-state index in [4.69, 9.17) is 0 Å². The van der Waals surface area contributed by atoms with Crippen molar-refractivity contribution in [2.75, 3.05) is 0 Å². The average molecular weight is 273 g/mol. The molecule has 0 radical (unpaired) electrons. The molecule has 0 unspecified atom stereocenters. The lowest BCUT2D eigenvalue weighted by Crippen LogP contribution is -2.29. The van der Waals surface area contributed by atoms with Crippen molar-refractivity contribution < 1.29 is 0 Å². The first-order chi connectivity index (χ1) is 7.06. The zero-order valence-electron chi connectivity index (χ0n) is 8.24. The van der Waals surface area contributed by atoms with Gasteiger partial charge in [0, 0.05) is 13.6 Å². The van der Waals surface area contributed by atoms with Crippen molar-refractivity contribution in [3.05, 3.63) is 25.6 Å². The van der Waals surface area contributed by atoms with Gasteiger partial charge in [0.05, 0.1) is 0 Å². The highest BCUT2D eigenvalue weighted by Gasteiger charge is 2.13. The summed E-state index contributed by atoms with van der Waals surface area (Å²) in [6.45, 7) is 2.51. The molecule has 6 nitrogen and oxygen atoms in total. The van der Waals surface area contributed by atoms with Gasteiger partial charge in [-0.1, -0.05) is 0 Å². The van der Waals surface area contributed by atoms with Crippen LogP contribution >= 0.6 is 15.9 Å². The Kier molecular flexibility index (Phi) is 2.26. The number of H-pyrrole nitrogens is 1. The van der Waals surface area contributed by atoms with Crippen molar-refractivity contribution in [2.24, 2.45) is 7.05 Å². The molecule has 0 spiro atoms. The van der Waals surface area contributed by atoms with E-state index in [0.29, 0.717) is 22.4 Å². The van der Waals surface area contributed by atoms with Gasteiger partial charge in [-0.15, -0.1) is 0 Å². The molecule has 0 aliphatic rings. The second kappa shape index (κ2) is 3.34. The smallest absolute Gasteiger partial charge is 0.313 e. The Morgan fingerprint density at radius 2 is 2.13 bits per heavy atom. The molecule has 0 amide bonds. The molecule has 0 bridgehead atoms. The minimum Gasteiger partial charge on any atom is -0.313 e. The van der Waals surface area contributed by atoms with Crippen LogP contribution in [0.2, 0.25) is 0 Å². The van der Waals surface area contributed by atoms with Crippen LogP contribution in [0.15, 0.2) is 14.3 Å². The van der Waals surface area contributed by atoms with Gasteiger partial charge in [-0.05, 0) is 22.9 Å². The largest absolute Gasteiger partial charge is 0.329 e. The van der Waals surface area contributed by atoms with Gasteiger partial charge >= 0.3 is 5.69 Å². The fraction of sp³-hybridized carbons (Fsp3) is 0.375. The standard InChI is InChI=1S/C8H9BrN4O2/c1-3-13-4-5(10-7(13)9)12(2)8(15)11-6(4)14/h3H2,1-2H3,(H,11,14,15). The molecule has 0 aromatic carbocycles. The van der Waals surface area contributed by atoms with E-state index in [0.717, 1.165) is 0 Å². The minimum atomic E-state index is -0.458. The molecular formula is C8H9BrN4O2. The normalized spacial score (nSPS) is 11.1. The van der Waals surface area contributed by atoms with Crippen molar-refractivity contribution in [3.63, 3.8) is 0 Å². The van der Waals surface area contributed by atoms with Crippen LogP contribution in [-0.4, -0.2) is 19.1 Å². The van der Waals surface area contributed by atoms with Gasteiger partial charge in [-0.2, -0.15) is 0 Å². The number of nitrogens with one attached hydrogen (secondary N) is 1. The van der Waals surface area contributed by atoms with Crippen LogP contribution in [0.5, 0.6) is 0 Å². The second-order valence-electron chi connectivity index (χ2n) is 3.12. The second-order valence-corrected chi connectivity index (χ2v) is 3.82. The van der Waals surface area contributed by atoms with Crippen LogP contribution in [0.3, 0.4) is 0 Å². The van der Waals surface area contributed by atoms with Crippen molar-refractivity contribution >= 4 is 27.1 Å². The summed E-state index contributed by atoms with van der Waals surface area (Å²) in [7, 11) is 1.57. The highest BCUT2D eigenvalue weighted by molar-refractivity contribution is 9.10. The van der Waals surface area contributed by atoms with Crippen LogP contribution in [-0.2, 0) is 13.6 Å². The Morgan fingerprint density at radius 1 is 1.47 bits per heavy atom. The quantitative estimate of drug-likeness (QED) is 0.755. The van der Waals surface area contributed by atoms with Crippen LogP contribution in [0.1, 0.15) is 6.92 Å². The molecule has 2 heterocycles. The highest BCUT2D eigenvalue weighted by atomic mass is 79.9. The number of nitrogens with zero attached hydrogens (tertiary/aromatic N) is 3. The third-order valence-corrected chi connectivity index (χ3v) is 2.88. The first-order valence-electron chi connectivity index (χ1n) is 4.41. The molecule has 0 saturated heterocycles. The summed E-state index contributed by atoms with van der Waals surface area (Å²) in [5, 5.41) is 0. The molecule has 15 heavy (non-hydrogen) atoms. The fourth-order valence-electron chi connectivity index (χ4n) is 1.50. The fourth-order valence-corrected chi connectivity index (χ4v) is 2.09. The highest BCUT2D eigenvalue weighted by Crippen LogP contribution is 2.14. The predicted molar refractivity (Wildman–Crippen MR) is 59.0 cm³/mol. The molecule has 0 fully saturated rings. The summed E-state index contributed by atoms with van der Waals surface area (Å²) in [5.41, 5.74) is -0.0714. The molecule has 7 heteroatoms. The zero-order valence-corrected chi connectivity index (χ0v) is 9.83. The van der Waals surface area contributed by atoms with Gasteiger partial charge in [0.25, 0.3) is 5.56 Å². The number of aromatic amines is 1. The lowest BCUT2D eigenvalue weighted by Gasteiger charge is -2.00. The molecular weight excluding hydrogens is 264 g/mol. The third-order valence-electron chi connectivity index (χ3n) is 2.28.